The number of sulfonamides is 1. The van der Waals surface area contributed by atoms with Crippen LogP contribution in [0.25, 0.3) is 0 Å². The summed E-state index contributed by atoms with van der Waals surface area (Å²) in [4.78, 5) is 13.2. The van der Waals surface area contributed by atoms with Crippen molar-refractivity contribution in [3.05, 3.63) is 58.7 Å². The summed E-state index contributed by atoms with van der Waals surface area (Å²) in [6.07, 6.45) is 1.79. The van der Waals surface area contributed by atoms with Crippen molar-refractivity contribution in [2.24, 2.45) is 0 Å². The molecule has 0 bridgehead atoms. The van der Waals surface area contributed by atoms with Gasteiger partial charge in [-0.1, -0.05) is 36.8 Å². The molecule has 1 N–H and O–H groups in total. The summed E-state index contributed by atoms with van der Waals surface area (Å²) in [5.74, 6) is 0.0305. The van der Waals surface area contributed by atoms with Crippen molar-refractivity contribution in [2.45, 2.75) is 53.1 Å². The van der Waals surface area contributed by atoms with Crippen molar-refractivity contribution in [1.82, 2.24) is 5.32 Å². The molecular formula is C23H32N2O4S. The largest absolute Gasteiger partial charge is 0.495 e. The molecule has 0 spiro atoms. The molecule has 1 amide bonds. The zero-order valence-corrected chi connectivity index (χ0v) is 19.6. The lowest BCUT2D eigenvalue weighted by atomic mass is 9.97. The molecule has 2 aromatic rings. The summed E-state index contributed by atoms with van der Waals surface area (Å²) in [7, 11) is -2.26. The van der Waals surface area contributed by atoms with Gasteiger partial charge in [0.15, 0.2) is 0 Å². The van der Waals surface area contributed by atoms with Gasteiger partial charge in [0.1, 0.15) is 11.8 Å². The van der Waals surface area contributed by atoms with Gasteiger partial charge in [0.2, 0.25) is 15.9 Å². The summed E-state index contributed by atoms with van der Waals surface area (Å²) in [6, 6.07) is 10.2. The number of ether oxygens (including phenoxy) is 1. The van der Waals surface area contributed by atoms with E-state index < -0.39 is 16.1 Å². The lowest BCUT2D eigenvalue weighted by molar-refractivity contribution is -0.122. The molecule has 0 radical (unpaired) electrons. The number of rotatable bonds is 8. The molecule has 164 valence electrons. The normalized spacial score (nSPS) is 13.4. The van der Waals surface area contributed by atoms with Gasteiger partial charge in [-0.15, -0.1) is 0 Å². The standard InChI is InChI=1S/C23H32N2O4S/c1-8-20(19-11-9-15(2)13-17(19)4)24-23(26)18(5)25(30(7,27)28)21-14-16(3)10-12-22(21)29-6/h9-14,18,20H,8H2,1-7H3,(H,24,26)/t18-,20-/m0/s1. The van der Waals surface area contributed by atoms with Crippen LogP contribution in [0.15, 0.2) is 36.4 Å². The predicted molar refractivity (Wildman–Crippen MR) is 122 cm³/mol. The fourth-order valence-electron chi connectivity index (χ4n) is 3.66. The molecule has 6 nitrogen and oxygen atoms in total. The average molecular weight is 433 g/mol. The fraction of sp³-hybridized carbons (Fsp3) is 0.435. The highest BCUT2D eigenvalue weighted by molar-refractivity contribution is 7.92. The monoisotopic (exact) mass is 432 g/mol. The van der Waals surface area contributed by atoms with Crippen LogP contribution >= 0.6 is 0 Å². The van der Waals surface area contributed by atoms with Crippen molar-refractivity contribution in [3.8, 4) is 5.75 Å². The third-order valence-electron chi connectivity index (χ3n) is 5.19. The van der Waals surface area contributed by atoms with E-state index >= 15 is 0 Å². The SMILES string of the molecule is CC[C@H](NC(=O)[C@H](C)N(c1cc(C)ccc1OC)S(C)(=O)=O)c1ccc(C)cc1C. The van der Waals surface area contributed by atoms with E-state index in [2.05, 4.69) is 11.4 Å². The molecule has 0 heterocycles. The van der Waals surface area contributed by atoms with Crippen molar-refractivity contribution >= 4 is 21.6 Å². The minimum Gasteiger partial charge on any atom is -0.495 e. The van der Waals surface area contributed by atoms with Crippen molar-refractivity contribution in [2.75, 3.05) is 17.7 Å². The van der Waals surface area contributed by atoms with Crippen LogP contribution in [0.5, 0.6) is 5.75 Å². The second-order valence-corrected chi connectivity index (χ2v) is 9.60. The van der Waals surface area contributed by atoms with Crippen LogP contribution in [0.1, 0.15) is 48.6 Å². The van der Waals surface area contributed by atoms with Crippen molar-refractivity contribution < 1.29 is 17.9 Å². The van der Waals surface area contributed by atoms with E-state index in [-0.39, 0.29) is 11.9 Å². The first-order valence-electron chi connectivity index (χ1n) is 10.0. The number of amides is 1. The number of nitrogens with one attached hydrogen (secondary N) is 1. The lowest BCUT2D eigenvalue weighted by Crippen LogP contribution is -2.48. The van der Waals surface area contributed by atoms with Gasteiger partial charge in [-0.3, -0.25) is 9.10 Å². The summed E-state index contributed by atoms with van der Waals surface area (Å²) in [5.41, 5.74) is 4.49. The van der Waals surface area contributed by atoms with E-state index in [9.17, 15) is 13.2 Å². The molecule has 0 saturated heterocycles. The molecule has 2 rings (SSSR count). The number of hydrogen-bond acceptors (Lipinski definition) is 4. The van der Waals surface area contributed by atoms with Gasteiger partial charge < -0.3 is 10.1 Å². The Labute approximate surface area is 180 Å². The predicted octanol–water partition coefficient (Wildman–Crippen LogP) is 4.04. The number of benzene rings is 2. The Morgan fingerprint density at radius 3 is 2.23 bits per heavy atom. The smallest absolute Gasteiger partial charge is 0.244 e. The zero-order valence-electron chi connectivity index (χ0n) is 18.8. The maximum atomic E-state index is 13.2. The number of hydrogen-bond donors (Lipinski definition) is 1. The second-order valence-electron chi connectivity index (χ2n) is 7.74. The topological polar surface area (TPSA) is 75.7 Å². The minimum absolute atomic E-state index is 0.207. The Bertz CT molecular complexity index is 1020. The van der Waals surface area contributed by atoms with E-state index in [0.717, 1.165) is 32.8 Å². The summed E-state index contributed by atoms with van der Waals surface area (Å²) in [6.45, 7) is 9.49. The Morgan fingerprint density at radius 1 is 1.10 bits per heavy atom. The number of methoxy groups -OCH3 is 1. The molecule has 0 aliphatic rings. The Hall–Kier alpha value is -2.54. The third kappa shape index (κ3) is 5.33. The molecule has 0 fully saturated rings. The Balaban J connectivity index is 2.40. The Kier molecular flexibility index (Phi) is 7.53. The van der Waals surface area contributed by atoms with Crippen LogP contribution in [0.3, 0.4) is 0 Å². The van der Waals surface area contributed by atoms with Crippen LogP contribution < -0.4 is 14.4 Å². The van der Waals surface area contributed by atoms with Crippen molar-refractivity contribution in [1.29, 1.82) is 0 Å². The van der Waals surface area contributed by atoms with E-state index in [1.807, 2.05) is 45.9 Å². The van der Waals surface area contributed by atoms with Gasteiger partial charge >= 0.3 is 0 Å². The average Bonchev–Trinajstić information content (AvgIpc) is 2.65. The molecule has 0 aromatic heterocycles. The lowest BCUT2D eigenvalue weighted by Gasteiger charge is -2.31. The number of aryl methyl sites for hydroxylation is 3. The van der Waals surface area contributed by atoms with Crippen LogP contribution in [-0.2, 0) is 14.8 Å². The minimum atomic E-state index is -3.74. The first-order chi connectivity index (χ1) is 14.0. The van der Waals surface area contributed by atoms with Crippen molar-refractivity contribution in [3.63, 3.8) is 0 Å². The number of anilines is 1. The second kappa shape index (κ2) is 9.51. The summed E-state index contributed by atoms with van der Waals surface area (Å²) in [5, 5.41) is 3.03. The van der Waals surface area contributed by atoms with Gasteiger partial charge in [-0.2, -0.15) is 0 Å². The highest BCUT2D eigenvalue weighted by Crippen LogP contribution is 2.33. The quantitative estimate of drug-likeness (QED) is 0.683. The van der Waals surface area contributed by atoms with Crippen LogP contribution in [0.4, 0.5) is 5.69 Å². The molecule has 2 aromatic carbocycles. The van der Waals surface area contributed by atoms with Gasteiger partial charge in [0.05, 0.1) is 25.1 Å². The molecule has 7 heteroatoms. The molecule has 0 aliphatic carbocycles. The number of nitrogens with zero attached hydrogens (tertiary/aromatic N) is 1. The summed E-state index contributed by atoms with van der Waals surface area (Å²) < 4.78 is 31.8. The fourth-order valence-corrected chi connectivity index (χ4v) is 4.83. The zero-order chi connectivity index (χ0) is 22.6. The highest BCUT2D eigenvalue weighted by atomic mass is 32.2. The van der Waals surface area contributed by atoms with Gasteiger partial charge in [-0.05, 0) is 62.9 Å². The van der Waals surface area contributed by atoms with Crippen LogP contribution in [0, 0.1) is 20.8 Å². The first kappa shape index (κ1) is 23.7. The molecule has 0 saturated carbocycles. The first-order valence-corrected chi connectivity index (χ1v) is 11.9. The van der Waals surface area contributed by atoms with Crippen LogP contribution in [0.2, 0.25) is 0 Å². The van der Waals surface area contributed by atoms with E-state index in [1.165, 1.54) is 7.11 Å². The summed E-state index contributed by atoms with van der Waals surface area (Å²) >= 11 is 0. The van der Waals surface area contributed by atoms with Gasteiger partial charge in [-0.25, -0.2) is 8.42 Å². The van der Waals surface area contributed by atoms with E-state index in [4.69, 9.17) is 4.74 Å². The maximum absolute atomic E-state index is 13.2. The van der Waals surface area contributed by atoms with E-state index in [1.54, 1.807) is 19.1 Å². The van der Waals surface area contributed by atoms with Gasteiger partial charge in [0, 0.05) is 0 Å². The van der Waals surface area contributed by atoms with Crippen LogP contribution in [-0.4, -0.2) is 33.7 Å². The van der Waals surface area contributed by atoms with E-state index in [0.29, 0.717) is 17.9 Å². The molecule has 2 atom stereocenters. The Morgan fingerprint density at radius 2 is 1.70 bits per heavy atom. The molecular weight excluding hydrogens is 400 g/mol. The molecule has 30 heavy (non-hydrogen) atoms. The third-order valence-corrected chi connectivity index (χ3v) is 6.41. The number of carbonyl (C=O) groups is 1. The number of carbonyl (C=O) groups excluding carboxylic acids is 1. The van der Waals surface area contributed by atoms with Gasteiger partial charge in [0.25, 0.3) is 0 Å². The maximum Gasteiger partial charge on any atom is 0.244 e. The highest BCUT2D eigenvalue weighted by Gasteiger charge is 2.32. The molecule has 0 unspecified atom stereocenters. The molecule has 0 aliphatic heterocycles.